The lowest BCUT2D eigenvalue weighted by atomic mass is 10.2. The van der Waals surface area contributed by atoms with Crippen molar-refractivity contribution in [1.29, 1.82) is 0 Å². The van der Waals surface area contributed by atoms with Gasteiger partial charge in [-0.15, -0.1) is 0 Å². The Bertz CT molecular complexity index is 854. The molecule has 0 fully saturated rings. The maximum atomic E-state index is 12.7. The summed E-state index contributed by atoms with van der Waals surface area (Å²) in [5.74, 6) is 0. The number of nitrogens with one attached hydrogen (secondary N) is 2. The summed E-state index contributed by atoms with van der Waals surface area (Å²) in [4.78, 5) is 26.5. The monoisotopic (exact) mass is 315 g/mol. The van der Waals surface area contributed by atoms with Crippen molar-refractivity contribution in [3.63, 3.8) is 0 Å². The molecule has 2 heterocycles. The topological polar surface area (TPSA) is 66.9 Å². The van der Waals surface area contributed by atoms with E-state index >= 15 is 0 Å². The third-order valence-corrected chi connectivity index (χ3v) is 4.14. The number of benzene rings is 1. The summed E-state index contributed by atoms with van der Waals surface area (Å²) in [7, 11) is 1.29. The SMILES string of the molecule is Cn1c(=O)[nH]c2c(c1=O)Nc1cc(C(F)(F)F)ccc1S2. The van der Waals surface area contributed by atoms with E-state index in [-0.39, 0.29) is 16.4 Å². The van der Waals surface area contributed by atoms with Crippen LogP contribution in [0.5, 0.6) is 0 Å². The lowest BCUT2D eigenvalue weighted by molar-refractivity contribution is -0.137. The van der Waals surface area contributed by atoms with Crippen LogP contribution in [0, 0.1) is 0 Å². The zero-order valence-corrected chi connectivity index (χ0v) is 11.4. The number of fused-ring (bicyclic) bond motifs is 2. The quantitative estimate of drug-likeness (QED) is 0.625. The molecule has 1 aromatic carbocycles. The van der Waals surface area contributed by atoms with E-state index in [1.165, 1.54) is 13.1 Å². The van der Waals surface area contributed by atoms with Gasteiger partial charge in [0.15, 0.2) is 0 Å². The van der Waals surface area contributed by atoms with Gasteiger partial charge in [0, 0.05) is 11.9 Å². The van der Waals surface area contributed by atoms with E-state index in [9.17, 15) is 22.8 Å². The molecule has 0 saturated carbocycles. The van der Waals surface area contributed by atoms with E-state index in [1.807, 2.05) is 0 Å². The fourth-order valence-electron chi connectivity index (χ4n) is 1.92. The molecule has 9 heteroatoms. The number of nitrogens with zero attached hydrogens (tertiary/aromatic N) is 1. The fourth-order valence-corrected chi connectivity index (χ4v) is 2.88. The molecule has 0 aliphatic carbocycles. The van der Waals surface area contributed by atoms with Crippen LogP contribution in [-0.2, 0) is 13.2 Å². The van der Waals surface area contributed by atoms with Crippen LogP contribution in [0.2, 0.25) is 0 Å². The van der Waals surface area contributed by atoms with Crippen LogP contribution in [0.3, 0.4) is 0 Å². The minimum atomic E-state index is -4.46. The molecule has 5 nitrogen and oxygen atoms in total. The van der Waals surface area contributed by atoms with Gasteiger partial charge in [-0.05, 0) is 18.2 Å². The Balaban J connectivity index is 2.14. The maximum absolute atomic E-state index is 12.7. The Hall–Kier alpha value is -2.16. The molecule has 0 radical (unpaired) electrons. The van der Waals surface area contributed by atoms with Gasteiger partial charge in [0.05, 0.1) is 11.3 Å². The maximum Gasteiger partial charge on any atom is 0.416 e. The van der Waals surface area contributed by atoms with Gasteiger partial charge in [0.1, 0.15) is 10.7 Å². The second-order valence-electron chi connectivity index (χ2n) is 4.43. The third-order valence-electron chi connectivity index (χ3n) is 3.05. The number of hydrogen-bond donors (Lipinski definition) is 2. The first kappa shape index (κ1) is 13.8. The zero-order valence-electron chi connectivity index (χ0n) is 10.5. The first-order chi connectivity index (χ1) is 9.77. The van der Waals surface area contributed by atoms with Crippen LogP contribution in [0.4, 0.5) is 24.5 Å². The van der Waals surface area contributed by atoms with E-state index in [4.69, 9.17) is 0 Å². The molecule has 0 amide bonds. The first-order valence-corrected chi connectivity index (χ1v) is 6.58. The minimum Gasteiger partial charge on any atom is -0.348 e. The largest absolute Gasteiger partial charge is 0.416 e. The van der Waals surface area contributed by atoms with E-state index in [0.29, 0.717) is 4.90 Å². The van der Waals surface area contributed by atoms with Gasteiger partial charge in [-0.3, -0.25) is 14.3 Å². The van der Waals surface area contributed by atoms with Crippen molar-refractivity contribution in [3.8, 4) is 0 Å². The number of hydrogen-bond acceptors (Lipinski definition) is 4. The second-order valence-corrected chi connectivity index (χ2v) is 5.49. The van der Waals surface area contributed by atoms with Crippen molar-refractivity contribution in [2.45, 2.75) is 16.1 Å². The number of rotatable bonds is 0. The fraction of sp³-hybridized carbons (Fsp3) is 0.167. The molecule has 0 spiro atoms. The van der Waals surface area contributed by atoms with E-state index in [2.05, 4.69) is 10.3 Å². The summed E-state index contributed by atoms with van der Waals surface area (Å²) in [6, 6.07) is 3.20. The molecule has 21 heavy (non-hydrogen) atoms. The van der Waals surface area contributed by atoms with Gasteiger partial charge < -0.3 is 5.32 Å². The molecular weight excluding hydrogens is 307 g/mol. The Labute approximate surface area is 119 Å². The Morgan fingerprint density at radius 1 is 1.24 bits per heavy atom. The zero-order chi connectivity index (χ0) is 15.4. The predicted molar refractivity (Wildman–Crippen MR) is 71.2 cm³/mol. The standard InChI is InChI=1S/C12H8F3N3O2S/c1-18-10(19)8-9(17-11(18)20)21-7-3-2-5(12(13,14)15)4-6(7)16-8/h2-4,16H,1H3,(H,17,20). The van der Waals surface area contributed by atoms with Crippen LogP contribution >= 0.6 is 11.8 Å². The van der Waals surface area contributed by atoms with Crippen molar-refractivity contribution in [2.24, 2.45) is 7.05 Å². The van der Waals surface area contributed by atoms with Crippen molar-refractivity contribution in [1.82, 2.24) is 9.55 Å². The molecule has 0 atom stereocenters. The molecule has 2 N–H and O–H groups in total. The molecule has 110 valence electrons. The highest BCUT2D eigenvalue weighted by atomic mass is 32.2. The van der Waals surface area contributed by atoms with Gasteiger partial charge in [-0.25, -0.2) is 4.79 Å². The lowest BCUT2D eigenvalue weighted by Gasteiger charge is -2.21. The van der Waals surface area contributed by atoms with E-state index < -0.39 is 23.0 Å². The average molecular weight is 315 g/mol. The van der Waals surface area contributed by atoms with Crippen molar-refractivity contribution < 1.29 is 13.2 Å². The minimum absolute atomic E-state index is 0.0638. The summed E-state index contributed by atoms with van der Waals surface area (Å²) in [6.45, 7) is 0. The van der Waals surface area contributed by atoms with Gasteiger partial charge in [-0.2, -0.15) is 13.2 Å². The highest BCUT2D eigenvalue weighted by Gasteiger charge is 2.32. The highest BCUT2D eigenvalue weighted by Crippen LogP contribution is 2.43. The first-order valence-electron chi connectivity index (χ1n) is 5.77. The molecule has 0 saturated heterocycles. The van der Waals surface area contributed by atoms with E-state index in [0.717, 1.165) is 28.5 Å². The normalized spacial score (nSPS) is 13.3. The number of aromatic amines is 1. The molecule has 0 unspecified atom stereocenters. The predicted octanol–water partition coefficient (Wildman–Crippen LogP) is 2.30. The third kappa shape index (κ3) is 2.23. The summed E-state index contributed by atoms with van der Waals surface area (Å²) in [5, 5.41) is 2.95. The van der Waals surface area contributed by atoms with Crippen LogP contribution in [0.1, 0.15) is 5.56 Å². The van der Waals surface area contributed by atoms with Crippen molar-refractivity contribution in [3.05, 3.63) is 44.6 Å². The molecule has 1 aromatic heterocycles. The second kappa shape index (κ2) is 4.42. The summed E-state index contributed by atoms with van der Waals surface area (Å²) < 4.78 is 39.0. The lowest BCUT2D eigenvalue weighted by Crippen LogP contribution is -2.35. The van der Waals surface area contributed by atoms with Crippen LogP contribution in [-0.4, -0.2) is 9.55 Å². The molecule has 0 bridgehead atoms. The summed E-state index contributed by atoms with van der Waals surface area (Å²) in [6.07, 6.45) is -4.46. The number of alkyl halides is 3. The van der Waals surface area contributed by atoms with E-state index in [1.54, 1.807) is 0 Å². The number of H-pyrrole nitrogens is 1. The number of halogens is 3. The molecule has 1 aliphatic heterocycles. The van der Waals surface area contributed by atoms with Crippen LogP contribution in [0.25, 0.3) is 0 Å². The molecule has 1 aliphatic rings. The summed E-state index contributed by atoms with van der Waals surface area (Å²) >= 11 is 1.04. The summed E-state index contributed by atoms with van der Waals surface area (Å²) in [5.41, 5.74) is -1.73. The van der Waals surface area contributed by atoms with Crippen LogP contribution in [0.15, 0.2) is 37.7 Å². The highest BCUT2D eigenvalue weighted by molar-refractivity contribution is 7.99. The number of anilines is 2. The van der Waals surface area contributed by atoms with Crippen LogP contribution < -0.4 is 16.6 Å². The van der Waals surface area contributed by atoms with Crippen molar-refractivity contribution in [2.75, 3.05) is 5.32 Å². The Morgan fingerprint density at radius 2 is 1.95 bits per heavy atom. The Kier molecular flexibility index (Phi) is 2.90. The smallest absolute Gasteiger partial charge is 0.348 e. The molecule has 2 aromatic rings. The average Bonchev–Trinajstić information content (AvgIpc) is 2.42. The van der Waals surface area contributed by atoms with Gasteiger partial charge in [0.25, 0.3) is 5.56 Å². The Morgan fingerprint density at radius 3 is 2.62 bits per heavy atom. The molecule has 3 rings (SSSR count). The molecular formula is C12H8F3N3O2S. The van der Waals surface area contributed by atoms with Gasteiger partial charge in [-0.1, -0.05) is 11.8 Å². The van der Waals surface area contributed by atoms with Gasteiger partial charge in [0.2, 0.25) is 0 Å². The van der Waals surface area contributed by atoms with Crippen molar-refractivity contribution >= 4 is 23.1 Å². The van der Waals surface area contributed by atoms with Gasteiger partial charge >= 0.3 is 11.9 Å². The number of aromatic nitrogens is 2.